The van der Waals surface area contributed by atoms with Crippen LogP contribution in [0.5, 0.6) is 11.5 Å². The van der Waals surface area contributed by atoms with Crippen molar-refractivity contribution in [3.63, 3.8) is 0 Å². The molecule has 1 aliphatic heterocycles. The molecule has 2 unspecified atom stereocenters. The van der Waals surface area contributed by atoms with Crippen molar-refractivity contribution in [2.75, 3.05) is 26.3 Å². The van der Waals surface area contributed by atoms with Gasteiger partial charge in [0, 0.05) is 29.7 Å². The summed E-state index contributed by atoms with van der Waals surface area (Å²) in [4.78, 5) is 14.2. The Balaban J connectivity index is 1.16. The molecular formula is C26H31Cl2FN2O5. The number of halogens is 3. The lowest BCUT2D eigenvalue weighted by Crippen LogP contribution is -2.49. The molecule has 1 saturated heterocycles. The number of amides is 1. The Morgan fingerprint density at radius 1 is 1.11 bits per heavy atom. The monoisotopic (exact) mass is 540 g/mol. The van der Waals surface area contributed by atoms with Gasteiger partial charge < -0.3 is 29.5 Å². The third-order valence-electron chi connectivity index (χ3n) is 6.50. The van der Waals surface area contributed by atoms with Gasteiger partial charge in [-0.25, -0.2) is 9.18 Å². The topological polar surface area (TPSA) is 80.3 Å². The van der Waals surface area contributed by atoms with Crippen LogP contribution in [0.1, 0.15) is 32.6 Å². The van der Waals surface area contributed by atoms with Crippen LogP contribution < -0.4 is 14.8 Å². The maximum atomic E-state index is 13.6. The molecule has 7 nitrogen and oxygen atoms in total. The Labute approximate surface area is 220 Å². The summed E-state index contributed by atoms with van der Waals surface area (Å²) in [6.07, 6.45) is 2.69. The van der Waals surface area contributed by atoms with Crippen molar-refractivity contribution in [3.8, 4) is 11.5 Å². The summed E-state index contributed by atoms with van der Waals surface area (Å²) in [7, 11) is 0. The Hall–Kier alpha value is -2.26. The summed E-state index contributed by atoms with van der Waals surface area (Å²) >= 11 is 11.6. The van der Waals surface area contributed by atoms with Gasteiger partial charge >= 0.3 is 6.09 Å². The van der Waals surface area contributed by atoms with Crippen molar-refractivity contribution in [1.29, 1.82) is 0 Å². The van der Waals surface area contributed by atoms with Gasteiger partial charge in [-0.2, -0.15) is 0 Å². The van der Waals surface area contributed by atoms with Crippen LogP contribution in [0.25, 0.3) is 0 Å². The molecular weight excluding hydrogens is 510 g/mol. The van der Waals surface area contributed by atoms with Crippen molar-refractivity contribution in [2.45, 2.75) is 56.4 Å². The minimum Gasteiger partial charge on any atom is -0.491 e. The van der Waals surface area contributed by atoms with E-state index in [1.807, 2.05) is 0 Å². The lowest BCUT2D eigenvalue weighted by Gasteiger charge is -2.35. The van der Waals surface area contributed by atoms with E-state index in [9.17, 15) is 14.3 Å². The van der Waals surface area contributed by atoms with Crippen LogP contribution in [0.4, 0.5) is 9.18 Å². The standard InChI is InChI=1S/C26H31Cl2FN2O5/c1-26(33,16-35-20-8-2-17(27)3-9-20)15-30-18-4-6-19(7-5-18)31-13-22(36-25(31)32)14-34-21-10-11-23(28)24(29)12-21/h2-3,8-12,18-19,22,30,33H,4-7,13-16H2,1H3/t18-,19-,22?,26?. The fourth-order valence-corrected chi connectivity index (χ4v) is 4.70. The summed E-state index contributed by atoms with van der Waals surface area (Å²) in [5.74, 6) is 0.439. The lowest BCUT2D eigenvalue weighted by atomic mass is 9.90. The maximum Gasteiger partial charge on any atom is 0.410 e. The van der Waals surface area contributed by atoms with Gasteiger partial charge in [0.1, 0.15) is 36.1 Å². The molecule has 2 fully saturated rings. The predicted octanol–water partition coefficient (Wildman–Crippen LogP) is 5.06. The fourth-order valence-electron chi connectivity index (χ4n) is 4.46. The van der Waals surface area contributed by atoms with E-state index >= 15 is 0 Å². The third-order valence-corrected chi connectivity index (χ3v) is 7.06. The van der Waals surface area contributed by atoms with E-state index in [1.165, 1.54) is 12.1 Å². The van der Waals surface area contributed by atoms with Crippen molar-refractivity contribution >= 4 is 29.3 Å². The average Bonchev–Trinajstić information content (AvgIpc) is 3.24. The number of hydrogen-bond acceptors (Lipinski definition) is 6. The number of nitrogens with zero attached hydrogens (tertiary/aromatic N) is 1. The summed E-state index contributed by atoms with van der Waals surface area (Å²) < 4.78 is 30.3. The van der Waals surface area contributed by atoms with Crippen LogP contribution in [-0.4, -0.2) is 66.2 Å². The molecule has 10 heteroatoms. The Bertz CT molecular complexity index is 1030. The van der Waals surface area contributed by atoms with E-state index in [0.717, 1.165) is 25.7 Å². The third kappa shape index (κ3) is 7.38. The van der Waals surface area contributed by atoms with Gasteiger partial charge in [0.25, 0.3) is 0 Å². The van der Waals surface area contributed by atoms with Crippen molar-refractivity contribution in [3.05, 3.63) is 58.3 Å². The molecule has 1 saturated carbocycles. The summed E-state index contributed by atoms with van der Waals surface area (Å²) in [5, 5.41) is 14.8. The normalized spacial score (nSPS) is 23.8. The first-order valence-electron chi connectivity index (χ1n) is 12.1. The molecule has 2 atom stereocenters. The molecule has 2 N–H and O–H groups in total. The van der Waals surface area contributed by atoms with E-state index in [0.29, 0.717) is 29.6 Å². The molecule has 36 heavy (non-hydrogen) atoms. The summed E-state index contributed by atoms with van der Waals surface area (Å²) in [5.41, 5.74) is -1.03. The van der Waals surface area contributed by atoms with Crippen LogP contribution in [0, 0.1) is 5.82 Å². The molecule has 0 aromatic heterocycles. The number of ether oxygens (including phenoxy) is 3. The van der Waals surface area contributed by atoms with Gasteiger partial charge in [-0.05, 0) is 69.0 Å². The lowest BCUT2D eigenvalue weighted by molar-refractivity contribution is 0.00859. The van der Waals surface area contributed by atoms with Gasteiger partial charge in [0.05, 0.1) is 11.6 Å². The van der Waals surface area contributed by atoms with E-state index in [2.05, 4.69) is 5.32 Å². The summed E-state index contributed by atoms with van der Waals surface area (Å²) in [6, 6.07) is 11.6. The molecule has 1 heterocycles. The highest BCUT2D eigenvalue weighted by Crippen LogP contribution is 2.28. The average molecular weight is 541 g/mol. The van der Waals surface area contributed by atoms with Crippen molar-refractivity contribution < 1.29 is 28.5 Å². The Morgan fingerprint density at radius 2 is 1.81 bits per heavy atom. The zero-order chi connectivity index (χ0) is 25.7. The Kier molecular flexibility index (Phi) is 8.83. The smallest absolute Gasteiger partial charge is 0.410 e. The SMILES string of the molecule is CC(O)(CN[C@H]1CC[C@H](N2CC(COc3ccc(Cl)c(F)c3)OC2=O)CC1)COc1ccc(Cl)cc1. The van der Waals surface area contributed by atoms with Gasteiger partial charge in [-0.15, -0.1) is 0 Å². The van der Waals surface area contributed by atoms with Crippen LogP contribution in [0.2, 0.25) is 10.0 Å². The first kappa shape index (κ1) is 26.8. The van der Waals surface area contributed by atoms with Crippen LogP contribution in [0.3, 0.4) is 0 Å². The molecule has 2 aliphatic rings. The number of hydrogen-bond donors (Lipinski definition) is 2. The molecule has 4 rings (SSSR count). The van der Waals surface area contributed by atoms with Crippen LogP contribution in [-0.2, 0) is 4.74 Å². The first-order valence-corrected chi connectivity index (χ1v) is 12.8. The van der Waals surface area contributed by atoms with E-state index in [1.54, 1.807) is 42.2 Å². The number of carbonyl (C=O) groups is 1. The summed E-state index contributed by atoms with van der Waals surface area (Å²) in [6.45, 7) is 2.87. The van der Waals surface area contributed by atoms with Gasteiger partial charge in [0.2, 0.25) is 0 Å². The molecule has 2 aromatic carbocycles. The van der Waals surface area contributed by atoms with Crippen molar-refractivity contribution in [2.24, 2.45) is 0 Å². The zero-order valence-corrected chi connectivity index (χ0v) is 21.6. The van der Waals surface area contributed by atoms with Gasteiger partial charge in [-0.1, -0.05) is 23.2 Å². The van der Waals surface area contributed by atoms with Crippen molar-refractivity contribution in [1.82, 2.24) is 10.2 Å². The number of carbonyl (C=O) groups excluding carboxylic acids is 1. The highest BCUT2D eigenvalue weighted by atomic mass is 35.5. The first-order chi connectivity index (χ1) is 17.2. The second kappa shape index (κ2) is 11.9. The molecule has 0 radical (unpaired) electrons. The number of rotatable bonds is 10. The van der Waals surface area contributed by atoms with Gasteiger partial charge in [0.15, 0.2) is 6.10 Å². The molecule has 2 aromatic rings. The minimum atomic E-state index is -1.03. The second-order valence-electron chi connectivity index (χ2n) is 9.67. The maximum absolute atomic E-state index is 13.6. The van der Waals surface area contributed by atoms with E-state index < -0.39 is 17.5 Å². The van der Waals surface area contributed by atoms with Gasteiger partial charge in [-0.3, -0.25) is 0 Å². The van der Waals surface area contributed by atoms with Crippen LogP contribution >= 0.6 is 23.2 Å². The fraction of sp³-hybridized carbons (Fsp3) is 0.500. The highest BCUT2D eigenvalue weighted by Gasteiger charge is 2.38. The molecule has 196 valence electrons. The molecule has 0 spiro atoms. The number of cyclic esters (lactones) is 1. The second-order valence-corrected chi connectivity index (χ2v) is 10.5. The van der Waals surface area contributed by atoms with Crippen LogP contribution in [0.15, 0.2) is 42.5 Å². The van der Waals surface area contributed by atoms with E-state index in [-0.39, 0.29) is 36.4 Å². The predicted molar refractivity (Wildman–Crippen MR) is 135 cm³/mol. The zero-order valence-electron chi connectivity index (χ0n) is 20.1. The quantitative estimate of drug-likeness (QED) is 0.438. The highest BCUT2D eigenvalue weighted by molar-refractivity contribution is 6.30. The molecule has 0 bridgehead atoms. The largest absolute Gasteiger partial charge is 0.491 e. The molecule has 1 aliphatic carbocycles. The number of benzene rings is 2. The van der Waals surface area contributed by atoms with E-state index in [4.69, 9.17) is 37.4 Å². The Morgan fingerprint density at radius 3 is 2.50 bits per heavy atom. The number of nitrogens with one attached hydrogen (secondary N) is 1. The number of aliphatic hydroxyl groups is 1. The minimum absolute atomic E-state index is 0.0285. The molecule has 1 amide bonds.